The van der Waals surface area contributed by atoms with E-state index in [4.69, 9.17) is 23.2 Å². The van der Waals surface area contributed by atoms with E-state index in [1.165, 1.54) is 11.8 Å². The number of rotatable bonds is 6. The minimum atomic E-state index is -0.0539. The predicted octanol–water partition coefficient (Wildman–Crippen LogP) is 6.24. The van der Waals surface area contributed by atoms with Crippen molar-refractivity contribution in [3.05, 3.63) is 58.1 Å². The van der Waals surface area contributed by atoms with Crippen LogP contribution in [-0.4, -0.2) is 11.7 Å². The van der Waals surface area contributed by atoms with Crippen LogP contribution in [0.15, 0.2) is 47.4 Å². The van der Waals surface area contributed by atoms with E-state index in [0.29, 0.717) is 16.0 Å². The van der Waals surface area contributed by atoms with Crippen LogP contribution in [0.1, 0.15) is 31.7 Å². The third-order valence-electron chi connectivity index (χ3n) is 3.63. The van der Waals surface area contributed by atoms with E-state index in [2.05, 4.69) is 25.2 Å². The van der Waals surface area contributed by atoms with Crippen molar-refractivity contribution in [3.8, 4) is 0 Å². The third kappa shape index (κ3) is 5.17. The molecule has 0 spiro atoms. The molecule has 1 amide bonds. The van der Waals surface area contributed by atoms with Crippen molar-refractivity contribution < 1.29 is 4.79 Å². The van der Waals surface area contributed by atoms with E-state index in [1.54, 1.807) is 18.2 Å². The molecule has 0 radical (unpaired) electrons. The smallest absolute Gasteiger partial charge is 0.234 e. The Morgan fingerprint density at radius 1 is 1.22 bits per heavy atom. The lowest BCUT2D eigenvalue weighted by Crippen LogP contribution is -2.15. The highest BCUT2D eigenvalue weighted by molar-refractivity contribution is 8.00. The summed E-state index contributed by atoms with van der Waals surface area (Å²) in [7, 11) is 0. The van der Waals surface area contributed by atoms with Crippen LogP contribution < -0.4 is 5.32 Å². The summed E-state index contributed by atoms with van der Waals surface area (Å²) in [6.07, 6.45) is 1.03. The van der Waals surface area contributed by atoms with Crippen LogP contribution in [0.4, 0.5) is 5.69 Å². The second-order valence-corrected chi connectivity index (χ2v) is 7.17. The summed E-state index contributed by atoms with van der Waals surface area (Å²) in [6, 6.07) is 13.2. The molecule has 0 heterocycles. The number of carbonyl (C=O) groups excluding carboxylic acids is 1. The highest BCUT2D eigenvalue weighted by Crippen LogP contribution is 2.30. The Kier molecular flexibility index (Phi) is 6.82. The number of carbonyl (C=O) groups is 1. The minimum absolute atomic E-state index is 0.0539. The van der Waals surface area contributed by atoms with Crippen LogP contribution in [-0.2, 0) is 4.79 Å². The molecule has 0 aliphatic heterocycles. The number of halogens is 2. The highest BCUT2D eigenvalue weighted by Gasteiger charge is 2.12. The molecule has 0 saturated carbocycles. The first-order chi connectivity index (χ1) is 11.0. The molecular weight excluding hydrogens is 349 g/mol. The molecule has 0 aliphatic rings. The molecule has 0 aliphatic carbocycles. The fraction of sp³-hybridized carbons (Fsp3) is 0.278. The molecule has 2 nitrogen and oxygen atoms in total. The van der Waals surface area contributed by atoms with Gasteiger partial charge in [0, 0.05) is 15.6 Å². The molecule has 0 unspecified atom stereocenters. The zero-order chi connectivity index (χ0) is 16.8. The number of para-hydroxylation sites is 1. The molecule has 2 aromatic rings. The van der Waals surface area contributed by atoms with E-state index >= 15 is 0 Å². The molecule has 5 heteroatoms. The van der Waals surface area contributed by atoms with E-state index in [-0.39, 0.29) is 11.7 Å². The van der Waals surface area contributed by atoms with Gasteiger partial charge in [-0.1, -0.05) is 55.2 Å². The van der Waals surface area contributed by atoms with Crippen molar-refractivity contribution in [2.45, 2.75) is 31.1 Å². The zero-order valence-corrected chi connectivity index (χ0v) is 15.4. The van der Waals surface area contributed by atoms with Gasteiger partial charge in [-0.05, 0) is 42.2 Å². The van der Waals surface area contributed by atoms with Crippen LogP contribution in [0.3, 0.4) is 0 Å². The quantitative estimate of drug-likeness (QED) is 0.612. The van der Waals surface area contributed by atoms with Crippen molar-refractivity contribution in [3.63, 3.8) is 0 Å². The minimum Gasteiger partial charge on any atom is -0.325 e. The lowest BCUT2D eigenvalue weighted by molar-refractivity contribution is -0.113. The summed E-state index contributed by atoms with van der Waals surface area (Å²) in [4.78, 5) is 13.0. The molecule has 0 saturated heterocycles. The Bertz CT molecular complexity index is 690. The molecule has 2 aromatic carbocycles. The Labute approximate surface area is 151 Å². The van der Waals surface area contributed by atoms with Gasteiger partial charge in [0.05, 0.1) is 10.8 Å². The van der Waals surface area contributed by atoms with Crippen LogP contribution in [0, 0.1) is 0 Å². The molecule has 0 fully saturated rings. The number of benzene rings is 2. The SMILES string of the molecule is CC[C@@H](C)c1ccccc1NC(=O)CSc1cc(Cl)ccc1Cl. The van der Waals surface area contributed by atoms with Crippen molar-refractivity contribution in [1.29, 1.82) is 0 Å². The lowest BCUT2D eigenvalue weighted by atomic mass is 9.97. The molecule has 2 rings (SSSR count). The highest BCUT2D eigenvalue weighted by atomic mass is 35.5. The van der Waals surface area contributed by atoms with Gasteiger partial charge < -0.3 is 5.32 Å². The second-order valence-electron chi connectivity index (χ2n) is 5.31. The van der Waals surface area contributed by atoms with Gasteiger partial charge in [-0.3, -0.25) is 4.79 Å². The van der Waals surface area contributed by atoms with E-state index in [0.717, 1.165) is 22.6 Å². The summed E-state index contributed by atoms with van der Waals surface area (Å²) in [5, 5.41) is 4.21. The van der Waals surface area contributed by atoms with Gasteiger partial charge in [0.1, 0.15) is 0 Å². The largest absolute Gasteiger partial charge is 0.325 e. The Hall–Kier alpha value is -1.16. The number of hydrogen-bond acceptors (Lipinski definition) is 2. The molecular formula is C18H19Cl2NOS. The average molecular weight is 368 g/mol. The van der Waals surface area contributed by atoms with E-state index < -0.39 is 0 Å². The van der Waals surface area contributed by atoms with Gasteiger partial charge >= 0.3 is 0 Å². The Balaban J connectivity index is 2.02. The Morgan fingerprint density at radius 2 is 1.96 bits per heavy atom. The van der Waals surface area contributed by atoms with Crippen LogP contribution in [0.25, 0.3) is 0 Å². The van der Waals surface area contributed by atoms with Crippen molar-refractivity contribution in [2.75, 3.05) is 11.1 Å². The predicted molar refractivity (Wildman–Crippen MR) is 101 cm³/mol. The standard InChI is InChI=1S/C18H19Cl2NOS/c1-3-12(2)14-6-4-5-7-16(14)21-18(22)11-23-17-10-13(19)8-9-15(17)20/h4-10,12H,3,11H2,1-2H3,(H,21,22)/t12-/m1/s1. The zero-order valence-electron chi connectivity index (χ0n) is 13.1. The summed E-state index contributed by atoms with van der Waals surface area (Å²) < 4.78 is 0. The van der Waals surface area contributed by atoms with Crippen molar-refractivity contribution in [2.24, 2.45) is 0 Å². The Morgan fingerprint density at radius 3 is 2.70 bits per heavy atom. The van der Waals surface area contributed by atoms with Crippen LogP contribution in [0.5, 0.6) is 0 Å². The first-order valence-electron chi connectivity index (χ1n) is 7.48. The van der Waals surface area contributed by atoms with E-state index in [9.17, 15) is 4.79 Å². The van der Waals surface area contributed by atoms with Gasteiger partial charge in [0.25, 0.3) is 0 Å². The van der Waals surface area contributed by atoms with Gasteiger partial charge in [-0.2, -0.15) is 0 Å². The third-order valence-corrected chi connectivity index (χ3v) is 5.36. The van der Waals surface area contributed by atoms with Gasteiger partial charge in [-0.25, -0.2) is 0 Å². The second kappa shape index (κ2) is 8.62. The summed E-state index contributed by atoms with van der Waals surface area (Å²) in [5.41, 5.74) is 2.04. The van der Waals surface area contributed by atoms with Gasteiger partial charge in [0.15, 0.2) is 0 Å². The molecule has 0 aromatic heterocycles. The fourth-order valence-corrected chi connectivity index (χ4v) is 3.47. The number of anilines is 1. The maximum absolute atomic E-state index is 12.2. The molecule has 0 bridgehead atoms. The number of amides is 1. The average Bonchev–Trinajstić information content (AvgIpc) is 2.55. The van der Waals surface area contributed by atoms with Crippen molar-refractivity contribution in [1.82, 2.24) is 0 Å². The summed E-state index contributed by atoms with van der Waals surface area (Å²) in [6.45, 7) is 4.30. The van der Waals surface area contributed by atoms with Crippen LogP contribution in [0.2, 0.25) is 10.0 Å². The normalized spacial score (nSPS) is 12.0. The summed E-state index contributed by atoms with van der Waals surface area (Å²) >= 11 is 13.5. The van der Waals surface area contributed by atoms with E-state index in [1.807, 2.05) is 18.2 Å². The van der Waals surface area contributed by atoms with Crippen LogP contribution >= 0.6 is 35.0 Å². The molecule has 122 valence electrons. The lowest BCUT2D eigenvalue weighted by Gasteiger charge is -2.15. The maximum Gasteiger partial charge on any atom is 0.234 e. The van der Waals surface area contributed by atoms with Gasteiger partial charge in [-0.15, -0.1) is 11.8 Å². The first-order valence-corrected chi connectivity index (χ1v) is 9.22. The monoisotopic (exact) mass is 367 g/mol. The molecule has 1 N–H and O–H groups in total. The fourth-order valence-electron chi connectivity index (χ4n) is 2.18. The molecule has 23 heavy (non-hydrogen) atoms. The molecule has 1 atom stereocenters. The number of hydrogen-bond donors (Lipinski definition) is 1. The summed E-state index contributed by atoms with van der Waals surface area (Å²) in [5.74, 6) is 0.637. The number of nitrogens with one attached hydrogen (secondary N) is 1. The van der Waals surface area contributed by atoms with Gasteiger partial charge in [0.2, 0.25) is 5.91 Å². The first kappa shape index (κ1) is 18.2. The van der Waals surface area contributed by atoms with Crippen molar-refractivity contribution >= 4 is 46.6 Å². The number of thioether (sulfide) groups is 1. The maximum atomic E-state index is 12.2. The topological polar surface area (TPSA) is 29.1 Å².